The lowest BCUT2D eigenvalue weighted by atomic mass is 9.87. The van der Waals surface area contributed by atoms with Gasteiger partial charge in [-0.2, -0.15) is 0 Å². The molecule has 0 radical (unpaired) electrons. The van der Waals surface area contributed by atoms with Gasteiger partial charge in [0.2, 0.25) is 11.8 Å². The minimum atomic E-state index is -0.0955. The number of unbranched alkanes of at least 4 members (excludes halogenated alkanes) is 1. The Bertz CT molecular complexity index is 933. The summed E-state index contributed by atoms with van der Waals surface area (Å²) in [6, 6.07) is 16.3. The van der Waals surface area contributed by atoms with E-state index in [1.54, 1.807) is 11.8 Å². The fourth-order valence-corrected chi connectivity index (χ4v) is 5.22. The Morgan fingerprint density at radius 1 is 1.16 bits per heavy atom. The van der Waals surface area contributed by atoms with Crippen molar-refractivity contribution < 1.29 is 9.59 Å². The Morgan fingerprint density at radius 2 is 1.88 bits per heavy atom. The molecule has 5 heteroatoms. The van der Waals surface area contributed by atoms with Gasteiger partial charge < -0.3 is 5.32 Å². The van der Waals surface area contributed by atoms with Crippen molar-refractivity contribution in [2.45, 2.75) is 71.1 Å². The van der Waals surface area contributed by atoms with Crippen LogP contribution < -0.4 is 10.2 Å². The van der Waals surface area contributed by atoms with Crippen molar-refractivity contribution in [3.63, 3.8) is 0 Å². The average molecular weight is 453 g/mol. The van der Waals surface area contributed by atoms with Gasteiger partial charge in [-0.1, -0.05) is 71.7 Å². The van der Waals surface area contributed by atoms with Crippen molar-refractivity contribution in [2.24, 2.45) is 5.92 Å². The number of thioether (sulfide) groups is 1. The molecular weight excluding hydrogens is 416 g/mol. The van der Waals surface area contributed by atoms with E-state index in [9.17, 15) is 9.59 Å². The molecule has 3 rings (SSSR count). The number of carbonyl (C=O) groups excluding carboxylic acids is 2. The van der Waals surface area contributed by atoms with Crippen molar-refractivity contribution in [1.29, 1.82) is 0 Å². The lowest BCUT2D eigenvalue weighted by Gasteiger charge is -2.26. The second-order valence-corrected chi connectivity index (χ2v) is 10.7. The lowest BCUT2D eigenvalue weighted by Crippen LogP contribution is -2.28. The summed E-state index contributed by atoms with van der Waals surface area (Å²) in [4.78, 5) is 27.4. The van der Waals surface area contributed by atoms with E-state index in [1.165, 1.54) is 5.56 Å². The van der Waals surface area contributed by atoms with Crippen molar-refractivity contribution in [3.05, 3.63) is 59.7 Å². The topological polar surface area (TPSA) is 49.4 Å². The molecule has 1 aliphatic heterocycles. The molecule has 1 saturated heterocycles. The summed E-state index contributed by atoms with van der Waals surface area (Å²) in [6.07, 6.45) is 3.93. The summed E-state index contributed by atoms with van der Waals surface area (Å²) in [7, 11) is 0. The van der Waals surface area contributed by atoms with Crippen LogP contribution >= 0.6 is 11.8 Å². The van der Waals surface area contributed by atoms with Gasteiger partial charge in [0.15, 0.2) is 0 Å². The highest BCUT2D eigenvalue weighted by Gasteiger charge is 2.34. The van der Waals surface area contributed by atoms with Crippen molar-refractivity contribution in [1.82, 2.24) is 0 Å². The molecule has 4 nitrogen and oxygen atoms in total. The van der Waals surface area contributed by atoms with E-state index in [1.807, 2.05) is 41.3 Å². The van der Waals surface area contributed by atoms with E-state index >= 15 is 0 Å². The smallest absolute Gasteiger partial charge is 0.238 e. The predicted octanol–water partition coefficient (Wildman–Crippen LogP) is 6.92. The number of benzene rings is 2. The first-order chi connectivity index (χ1) is 15.2. The normalized spacial score (nSPS) is 17.5. The van der Waals surface area contributed by atoms with E-state index in [0.717, 1.165) is 42.6 Å². The molecular formula is C27H36N2O2S. The van der Waals surface area contributed by atoms with Crippen molar-refractivity contribution >= 4 is 35.0 Å². The molecule has 1 heterocycles. The fourth-order valence-electron chi connectivity index (χ4n) is 4.06. The Hall–Kier alpha value is -2.27. The van der Waals surface area contributed by atoms with E-state index < -0.39 is 0 Å². The first-order valence-corrected chi connectivity index (χ1v) is 12.7. The van der Waals surface area contributed by atoms with E-state index in [0.29, 0.717) is 5.75 Å². The zero-order valence-electron chi connectivity index (χ0n) is 20.0. The number of anilines is 2. The van der Waals surface area contributed by atoms with Crippen LogP contribution in [-0.2, 0) is 15.0 Å². The molecule has 0 unspecified atom stereocenters. The highest BCUT2D eigenvalue weighted by atomic mass is 32.2. The molecule has 172 valence electrons. The minimum absolute atomic E-state index is 0.0406. The molecule has 0 aliphatic carbocycles. The standard InChI is InChI=1S/C27H36N2O2S/c1-6-8-10-19(7-2)25(31)28-22-12-9-11-20(17-22)26-29(24(30)18-32-26)23-15-13-21(14-16-23)27(3,4)5/h9,11-17,19,26H,6-8,10,18H2,1-5H3,(H,28,31)/t19-,26-/m0/s1. The summed E-state index contributed by atoms with van der Waals surface area (Å²) in [5.74, 6) is 0.697. The zero-order chi connectivity index (χ0) is 23.3. The van der Waals surface area contributed by atoms with Crippen molar-refractivity contribution in [2.75, 3.05) is 16.0 Å². The van der Waals surface area contributed by atoms with Gasteiger partial charge in [0.25, 0.3) is 0 Å². The molecule has 0 saturated carbocycles. The number of hydrogen-bond donors (Lipinski definition) is 1. The first kappa shape index (κ1) is 24.4. The molecule has 32 heavy (non-hydrogen) atoms. The molecule has 0 spiro atoms. The summed E-state index contributed by atoms with van der Waals surface area (Å²) in [6.45, 7) is 10.8. The van der Waals surface area contributed by atoms with E-state index in [4.69, 9.17) is 0 Å². The van der Waals surface area contributed by atoms with E-state index in [2.05, 4.69) is 52.1 Å². The highest BCUT2D eigenvalue weighted by molar-refractivity contribution is 8.00. The molecule has 0 bridgehead atoms. The molecule has 2 aromatic rings. The quantitative estimate of drug-likeness (QED) is 0.473. The first-order valence-electron chi connectivity index (χ1n) is 11.7. The second-order valence-electron chi connectivity index (χ2n) is 9.59. The largest absolute Gasteiger partial charge is 0.326 e. The number of hydrogen-bond acceptors (Lipinski definition) is 3. The Balaban J connectivity index is 1.79. The Kier molecular flexibility index (Phi) is 8.05. The fraction of sp³-hybridized carbons (Fsp3) is 0.481. The molecule has 1 aliphatic rings. The number of nitrogens with one attached hydrogen (secondary N) is 1. The maximum atomic E-state index is 12.8. The highest BCUT2D eigenvalue weighted by Crippen LogP contribution is 2.42. The molecule has 0 aromatic heterocycles. The van der Waals surface area contributed by atoms with Gasteiger partial charge in [-0.3, -0.25) is 14.5 Å². The van der Waals surface area contributed by atoms with Gasteiger partial charge >= 0.3 is 0 Å². The number of rotatable bonds is 8. The van der Waals surface area contributed by atoms with Crippen LogP contribution in [0.1, 0.15) is 76.8 Å². The molecule has 1 fully saturated rings. The number of nitrogens with zero attached hydrogens (tertiary/aromatic N) is 1. The van der Waals surface area contributed by atoms with E-state index in [-0.39, 0.29) is 28.5 Å². The van der Waals surface area contributed by atoms with Crippen LogP contribution in [0.5, 0.6) is 0 Å². The number of amides is 2. The van der Waals surface area contributed by atoms with Crippen LogP contribution in [0.15, 0.2) is 48.5 Å². The predicted molar refractivity (Wildman–Crippen MR) is 136 cm³/mol. The SMILES string of the molecule is CCCC[C@H](CC)C(=O)Nc1cccc([C@@H]2SCC(=O)N2c2ccc(C(C)(C)C)cc2)c1. The van der Waals surface area contributed by atoms with Gasteiger partial charge in [-0.15, -0.1) is 11.8 Å². The maximum Gasteiger partial charge on any atom is 0.238 e. The van der Waals surface area contributed by atoms with Crippen LogP contribution in [0.2, 0.25) is 0 Å². The van der Waals surface area contributed by atoms with Gasteiger partial charge in [0, 0.05) is 17.3 Å². The van der Waals surface area contributed by atoms with Crippen LogP contribution in [0.3, 0.4) is 0 Å². The van der Waals surface area contributed by atoms with Crippen LogP contribution in [0, 0.1) is 5.92 Å². The lowest BCUT2D eigenvalue weighted by molar-refractivity contribution is -0.120. The zero-order valence-corrected chi connectivity index (χ0v) is 20.8. The van der Waals surface area contributed by atoms with Crippen LogP contribution in [0.25, 0.3) is 0 Å². The van der Waals surface area contributed by atoms with Crippen LogP contribution in [0.4, 0.5) is 11.4 Å². The Labute approximate surface area is 197 Å². The van der Waals surface area contributed by atoms with Gasteiger partial charge in [0.05, 0.1) is 5.75 Å². The minimum Gasteiger partial charge on any atom is -0.326 e. The molecule has 2 atom stereocenters. The number of carbonyl (C=O) groups is 2. The van der Waals surface area contributed by atoms with Gasteiger partial charge in [-0.05, 0) is 53.6 Å². The molecule has 1 N–H and O–H groups in total. The summed E-state index contributed by atoms with van der Waals surface area (Å²) < 4.78 is 0. The average Bonchev–Trinajstić information content (AvgIpc) is 3.15. The monoisotopic (exact) mass is 452 g/mol. The third-order valence-electron chi connectivity index (χ3n) is 6.09. The van der Waals surface area contributed by atoms with Gasteiger partial charge in [-0.25, -0.2) is 0 Å². The third kappa shape index (κ3) is 5.74. The molecule has 2 amide bonds. The van der Waals surface area contributed by atoms with Crippen LogP contribution in [-0.4, -0.2) is 17.6 Å². The summed E-state index contributed by atoms with van der Waals surface area (Å²) >= 11 is 1.63. The second kappa shape index (κ2) is 10.6. The molecule has 2 aromatic carbocycles. The Morgan fingerprint density at radius 3 is 2.50 bits per heavy atom. The summed E-state index contributed by atoms with van der Waals surface area (Å²) in [5, 5.41) is 3.01. The summed E-state index contributed by atoms with van der Waals surface area (Å²) in [5.41, 5.74) is 4.06. The maximum absolute atomic E-state index is 12.8. The third-order valence-corrected chi connectivity index (χ3v) is 7.30. The van der Waals surface area contributed by atoms with Crippen molar-refractivity contribution in [3.8, 4) is 0 Å². The van der Waals surface area contributed by atoms with Gasteiger partial charge in [0.1, 0.15) is 5.37 Å².